The minimum Gasteiger partial charge on any atom is -0.464 e. The molecule has 1 amide bonds. The number of benzene rings is 2. The van der Waals surface area contributed by atoms with Gasteiger partial charge in [0.2, 0.25) is 0 Å². The molecule has 0 aliphatic carbocycles. The van der Waals surface area contributed by atoms with Crippen LogP contribution >= 0.6 is 0 Å². The largest absolute Gasteiger partial charge is 0.464 e. The average Bonchev–Trinajstić information content (AvgIpc) is 3.15. The number of esters is 1. The Hall–Kier alpha value is -3.28. The summed E-state index contributed by atoms with van der Waals surface area (Å²) in [6, 6.07) is 14.2. The normalized spacial score (nSPS) is 15.2. The van der Waals surface area contributed by atoms with Crippen molar-refractivity contribution in [2.24, 2.45) is 0 Å². The number of furan rings is 1. The van der Waals surface area contributed by atoms with Gasteiger partial charge >= 0.3 is 5.97 Å². The number of aryl methyl sites for hydroxylation is 2. The molecule has 162 valence electrons. The minimum atomic E-state index is -0.807. The number of rotatable bonds is 5. The third-order valence-electron chi connectivity index (χ3n) is 5.97. The van der Waals surface area contributed by atoms with E-state index in [1.165, 1.54) is 0 Å². The number of ether oxygens (including phenoxy) is 1. The molecule has 2 heterocycles. The molecule has 0 bridgehead atoms. The Morgan fingerprint density at radius 3 is 2.42 bits per heavy atom. The lowest BCUT2D eigenvalue weighted by molar-refractivity contribution is -0.158. The van der Waals surface area contributed by atoms with Crippen molar-refractivity contribution >= 4 is 28.5 Å². The van der Waals surface area contributed by atoms with Crippen molar-refractivity contribution in [1.82, 2.24) is 4.90 Å². The highest BCUT2D eigenvalue weighted by molar-refractivity contribution is 5.88. The van der Waals surface area contributed by atoms with E-state index in [2.05, 4.69) is 17.0 Å². The Kier molecular flexibility index (Phi) is 5.98. The molecule has 0 N–H and O–H groups in total. The summed E-state index contributed by atoms with van der Waals surface area (Å²) in [7, 11) is 0. The topological polar surface area (TPSA) is 63.0 Å². The van der Waals surface area contributed by atoms with Crippen LogP contribution in [0, 0.1) is 13.8 Å². The van der Waals surface area contributed by atoms with Crippen LogP contribution in [0.1, 0.15) is 23.6 Å². The lowest BCUT2D eigenvalue weighted by Gasteiger charge is -2.37. The van der Waals surface area contributed by atoms with Crippen LogP contribution in [-0.4, -0.2) is 49.1 Å². The first-order valence-electron chi connectivity index (χ1n) is 10.7. The van der Waals surface area contributed by atoms with Crippen LogP contribution in [0.4, 0.5) is 5.69 Å². The summed E-state index contributed by atoms with van der Waals surface area (Å²) in [6.45, 7) is 8.44. The van der Waals surface area contributed by atoms with Crippen LogP contribution < -0.4 is 4.90 Å². The Balaban J connectivity index is 1.32. The van der Waals surface area contributed by atoms with Gasteiger partial charge in [-0.25, -0.2) is 0 Å². The van der Waals surface area contributed by atoms with Crippen LogP contribution in [-0.2, 0) is 20.7 Å². The molecule has 0 unspecified atom stereocenters. The molecule has 1 atom stereocenters. The van der Waals surface area contributed by atoms with Gasteiger partial charge < -0.3 is 19.0 Å². The fourth-order valence-electron chi connectivity index (χ4n) is 4.00. The molecule has 2 aromatic carbocycles. The summed E-state index contributed by atoms with van der Waals surface area (Å²) >= 11 is 0. The SMILES string of the molecule is Cc1cc2occ(CC(=O)O[C@H](C)C(=O)N3CCN(c4ccccc4)CC3)c2cc1C. The van der Waals surface area contributed by atoms with E-state index in [-0.39, 0.29) is 12.3 Å². The summed E-state index contributed by atoms with van der Waals surface area (Å²) in [4.78, 5) is 29.3. The van der Waals surface area contributed by atoms with Gasteiger partial charge in [-0.15, -0.1) is 0 Å². The van der Waals surface area contributed by atoms with Crippen molar-refractivity contribution in [3.8, 4) is 0 Å². The molecule has 1 fully saturated rings. The van der Waals surface area contributed by atoms with E-state index in [1.807, 2.05) is 44.2 Å². The molecule has 1 aromatic heterocycles. The number of hydrogen-bond acceptors (Lipinski definition) is 5. The van der Waals surface area contributed by atoms with E-state index in [4.69, 9.17) is 9.15 Å². The van der Waals surface area contributed by atoms with Crippen LogP contribution in [0.25, 0.3) is 11.0 Å². The number of piperazine rings is 1. The highest BCUT2D eigenvalue weighted by atomic mass is 16.5. The first kappa shape index (κ1) is 21.0. The second-order valence-electron chi connectivity index (χ2n) is 8.15. The maximum Gasteiger partial charge on any atom is 0.311 e. The lowest BCUT2D eigenvalue weighted by atomic mass is 10.0. The second-order valence-corrected chi connectivity index (χ2v) is 8.15. The third kappa shape index (κ3) is 4.58. The number of para-hydroxylation sites is 1. The van der Waals surface area contributed by atoms with E-state index >= 15 is 0 Å². The zero-order chi connectivity index (χ0) is 22.0. The van der Waals surface area contributed by atoms with Crippen LogP contribution in [0.5, 0.6) is 0 Å². The maximum absolute atomic E-state index is 12.8. The van der Waals surface area contributed by atoms with E-state index in [0.29, 0.717) is 13.1 Å². The quantitative estimate of drug-likeness (QED) is 0.587. The molecule has 3 aromatic rings. The van der Waals surface area contributed by atoms with Crippen molar-refractivity contribution in [1.29, 1.82) is 0 Å². The highest BCUT2D eigenvalue weighted by Crippen LogP contribution is 2.25. The summed E-state index contributed by atoms with van der Waals surface area (Å²) < 4.78 is 11.1. The minimum absolute atomic E-state index is 0.0783. The van der Waals surface area contributed by atoms with Gasteiger partial charge in [0.25, 0.3) is 5.91 Å². The number of hydrogen-bond donors (Lipinski definition) is 0. The number of amides is 1. The van der Waals surface area contributed by atoms with Crippen molar-refractivity contribution in [2.75, 3.05) is 31.1 Å². The number of nitrogens with zero attached hydrogens (tertiary/aromatic N) is 2. The predicted octanol–water partition coefficient (Wildman–Crippen LogP) is 3.87. The van der Waals surface area contributed by atoms with Crippen LogP contribution in [0.2, 0.25) is 0 Å². The van der Waals surface area contributed by atoms with Gasteiger partial charge in [-0.05, 0) is 56.2 Å². The standard InChI is InChI=1S/C25H28N2O4/c1-17-13-22-20(16-30-23(22)14-18(17)2)15-24(28)31-19(3)25(29)27-11-9-26(10-12-27)21-7-5-4-6-8-21/h4-8,13-14,16,19H,9-12,15H2,1-3H3/t19-/m1/s1. The monoisotopic (exact) mass is 420 g/mol. The number of fused-ring (bicyclic) bond motifs is 1. The molecule has 0 radical (unpaired) electrons. The smallest absolute Gasteiger partial charge is 0.311 e. The molecule has 1 aliphatic rings. The fraction of sp³-hybridized carbons (Fsp3) is 0.360. The van der Waals surface area contributed by atoms with E-state index in [9.17, 15) is 9.59 Å². The maximum atomic E-state index is 12.8. The molecule has 0 saturated carbocycles. The van der Waals surface area contributed by atoms with Gasteiger partial charge in [-0.2, -0.15) is 0 Å². The van der Waals surface area contributed by atoms with Gasteiger partial charge in [0, 0.05) is 42.8 Å². The number of carbonyl (C=O) groups excluding carboxylic acids is 2. The van der Waals surface area contributed by atoms with Gasteiger partial charge in [-0.1, -0.05) is 18.2 Å². The first-order chi connectivity index (χ1) is 14.9. The highest BCUT2D eigenvalue weighted by Gasteiger charge is 2.27. The van der Waals surface area contributed by atoms with Crippen molar-refractivity contribution in [3.63, 3.8) is 0 Å². The third-order valence-corrected chi connectivity index (χ3v) is 5.97. The fourth-order valence-corrected chi connectivity index (χ4v) is 4.00. The van der Waals surface area contributed by atoms with Gasteiger partial charge in [0.1, 0.15) is 5.58 Å². The molecule has 0 spiro atoms. The Bertz CT molecular complexity index is 1080. The molecular weight excluding hydrogens is 392 g/mol. The van der Waals surface area contributed by atoms with Gasteiger partial charge in [-0.3, -0.25) is 9.59 Å². The summed E-state index contributed by atoms with van der Waals surface area (Å²) in [6.07, 6.45) is 0.868. The molecule has 6 heteroatoms. The van der Waals surface area contributed by atoms with Crippen LogP contribution in [0.3, 0.4) is 0 Å². The Labute approximate surface area is 182 Å². The lowest BCUT2D eigenvalue weighted by Crippen LogP contribution is -2.51. The van der Waals surface area contributed by atoms with Gasteiger partial charge in [0.05, 0.1) is 12.7 Å². The van der Waals surface area contributed by atoms with Crippen molar-refractivity contribution < 1.29 is 18.7 Å². The number of anilines is 1. The van der Waals surface area contributed by atoms with E-state index < -0.39 is 12.1 Å². The molecule has 4 rings (SSSR count). The number of carbonyl (C=O) groups is 2. The Morgan fingerprint density at radius 2 is 1.71 bits per heavy atom. The second kappa shape index (κ2) is 8.84. The Morgan fingerprint density at radius 1 is 1.03 bits per heavy atom. The summed E-state index contributed by atoms with van der Waals surface area (Å²) in [5.74, 6) is -0.575. The zero-order valence-electron chi connectivity index (χ0n) is 18.3. The van der Waals surface area contributed by atoms with E-state index in [0.717, 1.165) is 46.4 Å². The molecular formula is C25H28N2O4. The van der Waals surface area contributed by atoms with E-state index in [1.54, 1.807) is 18.1 Å². The average molecular weight is 421 g/mol. The van der Waals surface area contributed by atoms with Gasteiger partial charge in [0.15, 0.2) is 6.10 Å². The molecule has 1 saturated heterocycles. The molecule has 31 heavy (non-hydrogen) atoms. The molecule has 6 nitrogen and oxygen atoms in total. The van der Waals surface area contributed by atoms with Crippen molar-refractivity contribution in [2.45, 2.75) is 33.3 Å². The zero-order valence-corrected chi connectivity index (χ0v) is 18.3. The summed E-state index contributed by atoms with van der Waals surface area (Å²) in [5.41, 5.74) is 4.97. The van der Waals surface area contributed by atoms with Crippen molar-refractivity contribution in [3.05, 3.63) is 65.4 Å². The summed E-state index contributed by atoms with van der Waals surface area (Å²) in [5, 5.41) is 0.913. The predicted molar refractivity (Wildman–Crippen MR) is 120 cm³/mol. The molecule has 1 aliphatic heterocycles. The van der Waals surface area contributed by atoms with Crippen LogP contribution in [0.15, 0.2) is 53.1 Å². The first-order valence-corrected chi connectivity index (χ1v) is 10.7.